The van der Waals surface area contributed by atoms with E-state index in [0.29, 0.717) is 5.56 Å². The second-order valence-corrected chi connectivity index (χ2v) is 4.52. The second-order valence-electron chi connectivity index (χ2n) is 4.52. The quantitative estimate of drug-likeness (QED) is 0.854. The van der Waals surface area contributed by atoms with Gasteiger partial charge in [-0.1, -0.05) is 20.8 Å². The molecule has 4 nitrogen and oxygen atoms in total. The zero-order valence-electron chi connectivity index (χ0n) is 10.9. The molecule has 1 rings (SSSR count). The summed E-state index contributed by atoms with van der Waals surface area (Å²) in [6.45, 7) is 6.98. The Kier molecular flexibility index (Phi) is 4.49. The number of pyridine rings is 1. The van der Waals surface area contributed by atoms with Crippen molar-refractivity contribution < 1.29 is 9.90 Å². The number of carbonyl (C=O) groups is 1. The molecule has 0 saturated carbocycles. The minimum absolute atomic E-state index is 0.225. The number of aromatic carboxylic acids is 1. The first-order valence-corrected chi connectivity index (χ1v) is 5.92. The number of aromatic nitrogens is 1. The van der Waals surface area contributed by atoms with Gasteiger partial charge in [0.05, 0.1) is 5.56 Å². The molecule has 1 N–H and O–H groups in total. The van der Waals surface area contributed by atoms with Crippen molar-refractivity contribution in [2.75, 3.05) is 18.5 Å². The van der Waals surface area contributed by atoms with Crippen LogP contribution in [0.15, 0.2) is 12.1 Å². The summed E-state index contributed by atoms with van der Waals surface area (Å²) < 4.78 is 0. The maximum Gasteiger partial charge on any atom is 0.335 e. The maximum atomic E-state index is 11.1. The molecule has 4 heteroatoms. The van der Waals surface area contributed by atoms with Crippen LogP contribution in [0.2, 0.25) is 0 Å². The Labute approximate surface area is 102 Å². The molecule has 1 aromatic heterocycles. The standard InChI is InChI=1S/C13H20N2O2/c1-5-6-15(4)12-8-10(13(16)17)7-11(14-12)9(2)3/h7-9H,5-6H2,1-4H3,(H,16,17). The van der Waals surface area contributed by atoms with Gasteiger partial charge in [-0.25, -0.2) is 9.78 Å². The number of hydrogen-bond donors (Lipinski definition) is 1. The molecular weight excluding hydrogens is 216 g/mol. The van der Waals surface area contributed by atoms with Gasteiger partial charge in [-0.3, -0.25) is 0 Å². The molecule has 0 aliphatic rings. The molecule has 0 radical (unpaired) electrons. The number of rotatable bonds is 5. The summed E-state index contributed by atoms with van der Waals surface area (Å²) in [6.07, 6.45) is 1.01. The molecule has 0 saturated heterocycles. The van der Waals surface area contributed by atoms with Gasteiger partial charge in [0.15, 0.2) is 0 Å². The molecule has 1 heterocycles. The number of carboxylic acids is 1. The number of carboxylic acid groups (broad SMARTS) is 1. The third-order valence-electron chi connectivity index (χ3n) is 2.62. The fraction of sp³-hybridized carbons (Fsp3) is 0.538. The summed E-state index contributed by atoms with van der Waals surface area (Å²) in [4.78, 5) is 17.5. The van der Waals surface area contributed by atoms with E-state index in [1.807, 2.05) is 25.8 Å². The fourth-order valence-corrected chi connectivity index (χ4v) is 1.60. The van der Waals surface area contributed by atoms with E-state index in [1.54, 1.807) is 12.1 Å². The summed E-state index contributed by atoms with van der Waals surface area (Å²) >= 11 is 0. The monoisotopic (exact) mass is 236 g/mol. The van der Waals surface area contributed by atoms with Crippen LogP contribution >= 0.6 is 0 Å². The van der Waals surface area contributed by atoms with E-state index in [9.17, 15) is 4.79 Å². The van der Waals surface area contributed by atoms with Gasteiger partial charge in [0.25, 0.3) is 0 Å². The van der Waals surface area contributed by atoms with Crippen molar-refractivity contribution in [2.24, 2.45) is 0 Å². The molecule has 0 bridgehead atoms. The molecular formula is C13H20N2O2. The molecule has 0 fully saturated rings. The largest absolute Gasteiger partial charge is 0.478 e. The van der Waals surface area contributed by atoms with Crippen LogP contribution in [0.5, 0.6) is 0 Å². The Morgan fingerprint density at radius 1 is 1.47 bits per heavy atom. The zero-order valence-corrected chi connectivity index (χ0v) is 10.9. The van der Waals surface area contributed by atoms with Gasteiger partial charge in [0.2, 0.25) is 0 Å². The first-order valence-electron chi connectivity index (χ1n) is 5.92. The molecule has 0 aromatic carbocycles. The summed E-state index contributed by atoms with van der Waals surface area (Å²) in [5.41, 5.74) is 1.13. The highest BCUT2D eigenvalue weighted by Gasteiger charge is 2.12. The summed E-state index contributed by atoms with van der Waals surface area (Å²) in [5, 5.41) is 9.08. The van der Waals surface area contributed by atoms with E-state index in [2.05, 4.69) is 11.9 Å². The van der Waals surface area contributed by atoms with E-state index in [-0.39, 0.29) is 5.92 Å². The normalized spacial score (nSPS) is 10.6. The molecule has 1 aromatic rings. The Morgan fingerprint density at radius 3 is 2.59 bits per heavy atom. The van der Waals surface area contributed by atoms with E-state index in [4.69, 9.17) is 5.11 Å². The Balaban J connectivity index is 3.16. The maximum absolute atomic E-state index is 11.1. The Morgan fingerprint density at radius 2 is 2.12 bits per heavy atom. The molecule has 0 aliphatic carbocycles. The zero-order chi connectivity index (χ0) is 13.0. The van der Waals surface area contributed by atoms with Crippen LogP contribution < -0.4 is 4.90 Å². The molecule has 0 amide bonds. The third kappa shape index (κ3) is 3.44. The average Bonchev–Trinajstić information content (AvgIpc) is 2.28. The first kappa shape index (κ1) is 13.5. The lowest BCUT2D eigenvalue weighted by Crippen LogP contribution is -2.20. The van der Waals surface area contributed by atoms with Crippen LogP contribution in [-0.4, -0.2) is 29.7 Å². The van der Waals surface area contributed by atoms with Crippen LogP contribution in [0, 0.1) is 0 Å². The SMILES string of the molecule is CCCN(C)c1cc(C(=O)O)cc(C(C)C)n1. The molecule has 0 unspecified atom stereocenters. The van der Waals surface area contributed by atoms with E-state index >= 15 is 0 Å². The summed E-state index contributed by atoms with van der Waals surface area (Å²) in [6, 6.07) is 3.28. The highest BCUT2D eigenvalue weighted by atomic mass is 16.4. The molecule has 0 spiro atoms. The van der Waals surface area contributed by atoms with Gasteiger partial charge in [-0.05, 0) is 24.5 Å². The number of hydrogen-bond acceptors (Lipinski definition) is 3. The molecule has 17 heavy (non-hydrogen) atoms. The lowest BCUT2D eigenvalue weighted by molar-refractivity contribution is 0.0696. The highest BCUT2D eigenvalue weighted by Crippen LogP contribution is 2.19. The van der Waals surface area contributed by atoms with Gasteiger partial charge < -0.3 is 10.0 Å². The van der Waals surface area contributed by atoms with Crippen molar-refractivity contribution in [3.05, 3.63) is 23.4 Å². The topological polar surface area (TPSA) is 53.4 Å². The minimum Gasteiger partial charge on any atom is -0.478 e. The van der Waals surface area contributed by atoms with Crippen LogP contribution in [0.25, 0.3) is 0 Å². The smallest absolute Gasteiger partial charge is 0.335 e. The third-order valence-corrected chi connectivity index (χ3v) is 2.62. The van der Waals surface area contributed by atoms with Crippen molar-refractivity contribution in [3.8, 4) is 0 Å². The van der Waals surface area contributed by atoms with Gasteiger partial charge in [0.1, 0.15) is 5.82 Å². The van der Waals surface area contributed by atoms with Crippen molar-refractivity contribution in [1.82, 2.24) is 4.98 Å². The van der Waals surface area contributed by atoms with Gasteiger partial charge in [-0.15, -0.1) is 0 Å². The Bertz CT molecular complexity index is 402. The number of anilines is 1. The van der Waals surface area contributed by atoms with Crippen molar-refractivity contribution in [2.45, 2.75) is 33.1 Å². The number of nitrogens with zero attached hydrogens (tertiary/aromatic N) is 2. The first-order chi connectivity index (χ1) is 7.95. The molecule has 94 valence electrons. The van der Waals surface area contributed by atoms with Crippen LogP contribution in [-0.2, 0) is 0 Å². The van der Waals surface area contributed by atoms with Crippen molar-refractivity contribution in [3.63, 3.8) is 0 Å². The predicted molar refractivity (Wildman–Crippen MR) is 68.8 cm³/mol. The van der Waals surface area contributed by atoms with Crippen molar-refractivity contribution >= 4 is 11.8 Å². The minimum atomic E-state index is -0.902. The fourth-order valence-electron chi connectivity index (χ4n) is 1.60. The summed E-state index contributed by atoms with van der Waals surface area (Å²) in [5.74, 6) is 0.0546. The van der Waals surface area contributed by atoms with E-state index in [0.717, 1.165) is 24.5 Å². The lowest BCUT2D eigenvalue weighted by Gasteiger charge is -2.19. The Hall–Kier alpha value is -1.58. The predicted octanol–water partition coefficient (Wildman–Crippen LogP) is 2.75. The second kappa shape index (κ2) is 5.66. The van der Waals surface area contributed by atoms with Gasteiger partial charge in [-0.2, -0.15) is 0 Å². The van der Waals surface area contributed by atoms with E-state index < -0.39 is 5.97 Å². The van der Waals surface area contributed by atoms with Crippen LogP contribution in [0.4, 0.5) is 5.82 Å². The van der Waals surface area contributed by atoms with Gasteiger partial charge in [0, 0.05) is 19.3 Å². The van der Waals surface area contributed by atoms with Crippen LogP contribution in [0.1, 0.15) is 49.2 Å². The average molecular weight is 236 g/mol. The highest BCUT2D eigenvalue weighted by molar-refractivity contribution is 5.88. The molecule has 0 atom stereocenters. The summed E-state index contributed by atoms with van der Waals surface area (Å²) in [7, 11) is 1.93. The van der Waals surface area contributed by atoms with Crippen molar-refractivity contribution in [1.29, 1.82) is 0 Å². The molecule has 0 aliphatic heterocycles. The van der Waals surface area contributed by atoms with Gasteiger partial charge >= 0.3 is 5.97 Å². The van der Waals surface area contributed by atoms with Crippen LogP contribution in [0.3, 0.4) is 0 Å². The van der Waals surface area contributed by atoms with E-state index in [1.165, 1.54) is 0 Å². The lowest BCUT2D eigenvalue weighted by atomic mass is 10.1.